The summed E-state index contributed by atoms with van der Waals surface area (Å²) in [6.07, 6.45) is 3.67. The Bertz CT molecular complexity index is 1220. The van der Waals surface area contributed by atoms with Gasteiger partial charge in [-0.3, -0.25) is 9.89 Å². The Morgan fingerprint density at radius 3 is 2.52 bits per heavy atom. The van der Waals surface area contributed by atoms with Gasteiger partial charge in [-0.25, -0.2) is 0 Å². The molecule has 4 aromatic rings. The predicted molar refractivity (Wildman–Crippen MR) is 131 cm³/mol. The summed E-state index contributed by atoms with van der Waals surface area (Å²) in [5, 5.41) is 15.8. The topological polar surface area (TPSA) is 76.2 Å². The Labute approximate surface area is 196 Å². The molecule has 170 valence electrons. The third kappa shape index (κ3) is 5.26. The number of hydrogen-bond acceptors (Lipinski definition) is 6. The second kappa shape index (κ2) is 10.2. The Morgan fingerprint density at radius 1 is 0.939 bits per heavy atom. The van der Waals surface area contributed by atoms with Gasteiger partial charge in [0.25, 0.3) is 0 Å². The number of aromatic nitrogens is 2. The average molecular weight is 462 g/mol. The molecule has 0 amide bonds. The van der Waals surface area contributed by atoms with Crippen molar-refractivity contribution in [1.29, 1.82) is 0 Å². The van der Waals surface area contributed by atoms with Crippen LogP contribution in [0.4, 0.5) is 0 Å². The van der Waals surface area contributed by atoms with Gasteiger partial charge in [-0.1, -0.05) is 6.07 Å². The maximum atomic E-state index is 12.4. The van der Waals surface area contributed by atoms with E-state index in [1.54, 1.807) is 11.3 Å². The molecule has 2 aliphatic heterocycles. The Kier molecular flexibility index (Phi) is 6.69. The van der Waals surface area contributed by atoms with Crippen LogP contribution in [-0.4, -0.2) is 42.3 Å². The van der Waals surface area contributed by atoms with E-state index in [4.69, 9.17) is 9.47 Å². The van der Waals surface area contributed by atoms with Crippen LogP contribution in [0.25, 0.3) is 22.2 Å². The summed E-state index contributed by atoms with van der Waals surface area (Å²) in [5.41, 5.74) is 4.82. The molecule has 2 aromatic heterocycles. The van der Waals surface area contributed by atoms with Gasteiger partial charge in [0, 0.05) is 23.8 Å². The molecule has 0 unspecified atom stereocenters. The molecule has 0 radical (unpaired) electrons. The molecule has 4 heterocycles. The van der Waals surface area contributed by atoms with Crippen LogP contribution in [0, 0.1) is 0 Å². The minimum absolute atomic E-state index is 0.210. The van der Waals surface area contributed by atoms with Crippen LogP contribution in [0.5, 0.6) is 11.5 Å². The fraction of sp³-hybridized carbons (Fsp3) is 0.308. The van der Waals surface area contributed by atoms with Gasteiger partial charge in [0.05, 0.1) is 5.52 Å². The molecule has 1 saturated heterocycles. The zero-order chi connectivity index (χ0) is 22.5. The number of Topliss-reactive ketones (excluding diaryl/α,β-unsaturated/α-hetero) is 1. The van der Waals surface area contributed by atoms with Gasteiger partial charge in [0.2, 0.25) is 0 Å². The lowest BCUT2D eigenvalue weighted by Crippen LogP contribution is -2.15. The van der Waals surface area contributed by atoms with E-state index in [9.17, 15) is 4.79 Å². The quantitative estimate of drug-likeness (QED) is 0.447. The van der Waals surface area contributed by atoms with Gasteiger partial charge >= 0.3 is 0 Å². The summed E-state index contributed by atoms with van der Waals surface area (Å²) in [4.78, 5) is 12.4. The monoisotopic (exact) mass is 461 g/mol. The zero-order valence-electron chi connectivity index (χ0n) is 18.4. The van der Waals surface area contributed by atoms with Crippen molar-refractivity contribution >= 4 is 28.0 Å². The van der Waals surface area contributed by atoms with E-state index in [0.717, 1.165) is 44.8 Å². The lowest BCUT2D eigenvalue weighted by molar-refractivity contribution is -0.117. The van der Waals surface area contributed by atoms with Crippen molar-refractivity contribution in [2.24, 2.45) is 0 Å². The minimum atomic E-state index is 0.210. The number of nitrogens with zero attached hydrogens (tertiary/aromatic N) is 1. The van der Waals surface area contributed by atoms with Gasteiger partial charge in [-0.05, 0) is 84.2 Å². The first-order valence-electron chi connectivity index (χ1n) is 11.4. The summed E-state index contributed by atoms with van der Waals surface area (Å²) in [6, 6.07) is 13.9. The van der Waals surface area contributed by atoms with E-state index in [1.165, 1.54) is 25.9 Å². The van der Waals surface area contributed by atoms with Crippen molar-refractivity contribution in [3.05, 3.63) is 64.4 Å². The molecule has 6 rings (SSSR count). The summed E-state index contributed by atoms with van der Waals surface area (Å²) in [5.74, 6) is 1.71. The third-order valence-corrected chi connectivity index (χ3v) is 6.51. The number of benzene rings is 2. The van der Waals surface area contributed by atoms with E-state index in [1.807, 2.05) is 47.2 Å². The number of thiophene rings is 1. The van der Waals surface area contributed by atoms with E-state index < -0.39 is 0 Å². The number of nitrogens with one attached hydrogen (secondary N) is 2. The van der Waals surface area contributed by atoms with Crippen LogP contribution < -0.4 is 14.8 Å². The molecule has 0 aliphatic carbocycles. The Balaban J connectivity index is 0.000000406. The first-order valence-corrected chi connectivity index (χ1v) is 12.3. The Morgan fingerprint density at radius 2 is 1.76 bits per heavy atom. The first kappa shape index (κ1) is 21.7. The van der Waals surface area contributed by atoms with Crippen molar-refractivity contribution in [3.8, 4) is 22.8 Å². The molecule has 6 nitrogen and oxygen atoms in total. The van der Waals surface area contributed by atoms with Crippen molar-refractivity contribution in [1.82, 2.24) is 15.5 Å². The summed E-state index contributed by atoms with van der Waals surface area (Å²) in [6.45, 7) is 3.62. The molecule has 0 spiro atoms. The van der Waals surface area contributed by atoms with Crippen LogP contribution in [0.1, 0.15) is 24.0 Å². The number of aromatic amines is 1. The highest BCUT2D eigenvalue weighted by Crippen LogP contribution is 2.36. The predicted octanol–water partition coefficient (Wildman–Crippen LogP) is 4.79. The van der Waals surface area contributed by atoms with Crippen LogP contribution >= 0.6 is 11.3 Å². The number of carbonyl (C=O) groups excluding carboxylic acids is 1. The smallest absolute Gasteiger partial charge is 0.162 e. The highest BCUT2D eigenvalue weighted by molar-refractivity contribution is 7.08. The van der Waals surface area contributed by atoms with Crippen molar-refractivity contribution < 1.29 is 14.3 Å². The van der Waals surface area contributed by atoms with Gasteiger partial charge in [0.1, 0.15) is 24.7 Å². The number of ether oxygens (including phenoxy) is 2. The highest BCUT2D eigenvalue weighted by atomic mass is 32.1. The molecule has 0 bridgehead atoms. The lowest BCUT2D eigenvalue weighted by Gasteiger charge is -2.18. The molecular weight excluding hydrogens is 434 g/mol. The molecular formula is C26H27N3O3S. The molecule has 0 atom stereocenters. The van der Waals surface area contributed by atoms with Gasteiger partial charge < -0.3 is 14.8 Å². The largest absolute Gasteiger partial charge is 0.486 e. The molecule has 1 fully saturated rings. The van der Waals surface area contributed by atoms with E-state index in [0.29, 0.717) is 26.1 Å². The second-order valence-corrected chi connectivity index (χ2v) is 9.07. The van der Waals surface area contributed by atoms with Gasteiger partial charge in [0.15, 0.2) is 11.5 Å². The summed E-state index contributed by atoms with van der Waals surface area (Å²) < 4.78 is 11.3. The first-order chi connectivity index (χ1) is 16.3. The maximum Gasteiger partial charge on any atom is 0.162 e. The Hall–Kier alpha value is -3.16. The van der Waals surface area contributed by atoms with Crippen molar-refractivity contribution in [2.45, 2.75) is 25.7 Å². The number of rotatable bonds is 5. The fourth-order valence-corrected chi connectivity index (χ4v) is 4.79. The number of fused-ring (bicyclic) bond motifs is 2. The van der Waals surface area contributed by atoms with Gasteiger partial charge in [-0.15, -0.1) is 0 Å². The normalized spacial score (nSPS) is 14.7. The molecule has 0 saturated carbocycles. The number of H-pyrrole nitrogens is 1. The summed E-state index contributed by atoms with van der Waals surface area (Å²) in [7, 11) is 0. The third-order valence-electron chi connectivity index (χ3n) is 5.78. The molecule has 2 aliphatic rings. The maximum absolute atomic E-state index is 12.4. The van der Waals surface area contributed by atoms with E-state index >= 15 is 0 Å². The molecule has 2 aromatic carbocycles. The molecule has 2 N–H and O–H groups in total. The van der Waals surface area contributed by atoms with Crippen molar-refractivity contribution in [2.75, 3.05) is 26.3 Å². The van der Waals surface area contributed by atoms with Crippen LogP contribution in [0.15, 0.2) is 53.2 Å². The minimum Gasteiger partial charge on any atom is -0.486 e. The second-order valence-electron chi connectivity index (χ2n) is 8.29. The van der Waals surface area contributed by atoms with Crippen LogP contribution in [0.2, 0.25) is 0 Å². The zero-order valence-corrected chi connectivity index (χ0v) is 19.2. The fourth-order valence-electron chi connectivity index (χ4n) is 4.12. The number of carbonyl (C=O) groups is 1. The van der Waals surface area contributed by atoms with Crippen molar-refractivity contribution in [3.63, 3.8) is 0 Å². The molecule has 7 heteroatoms. The van der Waals surface area contributed by atoms with Gasteiger partial charge in [-0.2, -0.15) is 16.4 Å². The van der Waals surface area contributed by atoms with E-state index in [2.05, 4.69) is 21.6 Å². The number of hydrogen-bond donors (Lipinski definition) is 2. The van der Waals surface area contributed by atoms with E-state index in [-0.39, 0.29) is 5.78 Å². The van der Waals surface area contributed by atoms with Crippen LogP contribution in [-0.2, 0) is 17.6 Å². The SMILES string of the molecule is C1CCNC1.O=C(Cc1ccsc1)Cc1ccc2[nH]nc(-c3ccc4c(c3)OCCO4)c2c1. The van der Waals surface area contributed by atoms with Crippen LogP contribution in [0.3, 0.4) is 0 Å². The number of ketones is 1. The lowest BCUT2D eigenvalue weighted by atomic mass is 10.0. The average Bonchev–Trinajstić information content (AvgIpc) is 3.62. The standard InChI is InChI=1S/C22H18N2O3S.C4H9N/c25-17(10-15-5-8-28-13-15)9-14-1-3-19-18(11-14)22(24-23-19)16-2-4-20-21(12-16)27-7-6-26-20;1-2-4-5-3-1/h1-5,8,11-13H,6-7,9-10H2,(H,23,24);5H,1-4H2. The molecule has 33 heavy (non-hydrogen) atoms. The summed E-state index contributed by atoms with van der Waals surface area (Å²) >= 11 is 1.62. The highest BCUT2D eigenvalue weighted by Gasteiger charge is 2.16.